The maximum Gasteiger partial charge on any atom is 0.311 e. The number of hydrogen-bond acceptors (Lipinski definition) is 4. The number of nitro groups is 1. The van der Waals surface area contributed by atoms with E-state index in [1.165, 1.54) is 12.1 Å². The van der Waals surface area contributed by atoms with Gasteiger partial charge >= 0.3 is 5.69 Å². The summed E-state index contributed by atoms with van der Waals surface area (Å²) in [5, 5.41) is 14.0. The average molecular weight is 376 g/mol. The highest BCUT2D eigenvalue weighted by Crippen LogP contribution is 2.27. The summed E-state index contributed by atoms with van der Waals surface area (Å²) in [7, 11) is 0. The molecule has 0 bridgehead atoms. The highest BCUT2D eigenvalue weighted by Gasteiger charge is 2.16. The lowest BCUT2D eigenvalue weighted by molar-refractivity contribution is -0.385. The fraction of sp³-hybridized carbons (Fsp3) is 0.136. The number of para-hydroxylation sites is 1. The summed E-state index contributed by atoms with van der Waals surface area (Å²) in [5.41, 5.74) is 3.40. The fourth-order valence-electron chi connectivity index (χ4n) is 2.83. The van der Waals surface area contributed by atoms with Gasteiger partial charge in [0.2, 0.25) is 0 Å². The molecule has 0 atom stereocenters. The van der Waals surface area contributed by atoms with Crippen LogP contribution in [0.25, 0.3) is 0 Å². The zero-order chi connectivity index (χ0) is 19.9. The van der Waals surface area contributed by atoms with E-state index >= 15 is 0 Å². The Morgan fingerprint density at radius 1 is 1.04 bits per heavy atom. The second-order valence-corrected chi connectivity index (χ2v) is 6.38. The number of ether oxygens (including phenoxy) is 1. The van der Waals surface area contributed by atoms with Gasteiger partial charge in [0.25, 0.3) is 5.91 Å². The van der Waals surface area contributed by atoms with Gasteiger partial charge in [0, 0.05) is 11.8 Å². The second kappa shape index (κ2) is 8.81. The molecule has 0 aliphatic rings. The number of carbonyl (C=O) groups excluding carboxylic acids is 1. The number of nitrogens with zero attached hydrogens (tertiary/aromatic N) is 1. The molecule has 0 aliphatic carbocycles. The summed E-state index contributed by atoms with van der Waals surface area (Å²) in [6.07, 6.45) is 0.682. The van der Waals surface area contributed by atoms with Crippen LogP contribution in [0.4, 0.5) is 11.4 Å². The first kappa shape index (κ1) is 19.1. The average Bonchev–Trinajstić information content (AvgIpc) is 2.69. The quantitative estimate of drug-likeness (QED) is 0.486. The molecule has 6 heteroatoms. The van der Waals surface area contributed by atoms with Crippen LogP contribution < -0.4 is 10.1 Å². The van der Waals surface area contributed by atoms with Crippen molar-refractivity contribution in [3.8, 4) is 5.75 Å². The molecular weight excluding hydrogens is 356 g/mol. The molecule has 28 heavy (non-hydrogen) atoms. The van der Waals surface area contributed by atoms with Gasteiger partial charge in [0.15, 0.2) is 12.4 Å². The van der Waals surface area contributed by atoms with Crippen LogP contribution >= 0.6 is 0 Å². The number of nitro benzene ring substituents is 1. The molecule has 3 aromatic rings. The Labute approximate surface area is 162 Å². The molecule has 0 unspecified atom stereocenters. The van der Waals surface area contributed by atoms with Crippen LogP contribution in [0.3, 0.4) is 0 Å². The Morgan fingerprint density at radius 2 is 1.75 bits per heavy atom. The van der Waals surface area contributed by atoms with Crippen LogP contribution in [0, 0.1) is 17.0 Å². The maximum atomic E-state index is 12.3. The van der Waals surface area contributed by atoms with E-state index in [4.69, 9.17) is 4.74 Å². The number of rotatable bonds is 7. The smallest absolute Gasteiger partial charge is 0.311 e. The lowest BCUT2D eigenvalue weighted by atomic mass is 10.0. The minimum absolute atomic E-state index is 0.0725. The molecule has 0 radical (unpaired) electrons. The summed E-state index contributed by atoms with van der Waals surface area (Å²) in [4.78, 5) is 23.0. The van der Waals surface area contributed by atoms with Crippen molar-refractivity contribution in [3.63, 3.8) is 0 Å². The highest BCUT2D eigenvalue weighted by molar-refractivity contribution is 5.92. The van der Waals surface area contributed by atoms with E-state index in [2.05, 4.69) is 5.32 Å². The van der Waals surface area contributed by atoms with Crippen LogP contribution in [0.5, 0.6) is 5.75 Å². The molecule has 1 amide bonds. The topological polar surface area (TPSA) is 81.5 Å². The van der Waals surface area contributed by atoms with Crippen molar-refractivity contribution in [1.29, 1.82) is 0 Å². The van der Waals surface area contributed by atoms with E-state index in [1.807, 2.05) is 54.6 Å². The second-order valence-electron chi connectivity index (χ2n) is 6.38. The molecule has 0 spiro atoms. The van der Waals surface area contributed by atoms with Crippen molar-refractivity contribution < 1.29 is 14.5 Å². The first-order valence-corrected chi connectivity index (χ1v) is 8.82. The summed E-state index contributed by atoms with van der Waals surface area (Å²) < 4.78 is 5.39. The molecule has 0 fully saturated rings. The molecule has 3 rings (SSSR count). The van der Waals surface area contributed by atoms with Gasteiger partial charge < -0.3 is 10.1 Å². The molecule has 6 nitrogen and oxygen atoms in total. The lowest BCUT2D eigenvalue weighted by Crippen LogP contribution is -2.21. The number of benzene rings is 3. The molecule has 0 aliphatic heterocycles. The number of nitrogens with one attached hydrogen (secondary N) is 1. The van der Waals surface area contributed by atoms with E-state index in [0.29, 0.717) is 12.1 Å². The van der Waals surface area contributed by atoms with Gasteiger partial charge in [-0.25, -0.2) is 0 Å². The normalized spacial score (nSPS) is 10.3. The molecule has 0 heterocycles. The maximum absolute atomic E-state index is 12.3. The first-order chi connectivity index (χ1) is 13.5. The van der Waals surface area contributed by atoms with Crippen molar-refractivity contribution in [1.82, 2.24) is 0 Å². The van der Waals surface area contributed by atoms with Crippen molar-refractivity contribution >= 4 is 17.3 Å². The number of carbonyl (C=O) groups is 1. The molecule has 1 N–H and O–H groups in total. The third-order valence-electron chi connectivity index (χ3n) is 4.20. The third kappa shape index (κ3) is 4.94. The fourth-order valence-corrected chi connectivity index (χ4v) is 2.83. The van der Waals surface area contributed by atoms with Gasteiger partial charge in [0.05, 0.1) is 4.92 Å². The van der Waals surface area contributed by atoms with Crippen molar-refractivity contribution in [2.24, 2.45) is 0 Å². The largest absolute Gasteiger partial charge is 0.477 e. The van der Waals surface area contributed by atoms with E-state index in [0.717, 1.165) is 16.7 Å². The molecule has 3 aromatic carbocycles. The van der Waals surface area contributed by atoms with Gasteiger partial charge in [-0.05, 0) is 42.2 Å². The molecular formula is C22H20N2O4. The SMILES string of the molecule is Cc1ccc(OCC(=O)Nc2ccccc2Cc2ccccc2)c([N+](=O)[O-])c1. The molecule has 0 aromatic heterocycles. The molecule has 142 valence electrons. The standard InChI is InChI=1S/C22H20N2O4/c1-16-11-12-21(20(13-16)24(26)27)28-15-22(25)23-19-10-6-5-9-18(19)14-17-7-3-2-4-8-17/h2-13H,14-15H2,1H3,(H,23,25). The Hall–Kier alpha value is -3.67. The number of aryl methyl sites for hydroxylation is 1. The summed E-state index contributed by atoms with van der Waals surface area (Å²) in [6.45, 7) is 1.44. The number of amides is 1. The Bertz CT molecular complexity index is 987. The number of hydrogen-bond donors (Lipinski definition) is 1. The summed E-state index contributed by atoms with van der Waals surface area (Å²) in [6, 6.07) is 22.1. The van der Waals surface area contributed by atoms with Gasteiger partial charge in [-0.1, -0.05) is 54.6 Å². The van der Waals surface area contributed by atoms with Crippen LogP contribution in [-0.4, -0.2) is 17.4 Å². The van der Waals surface area contributed by atoms with Gasteiger partial charge in [-0.3, -0.25) is 14.9 Å². The first-order valence-electron chi connectivity index (χ1n) is 8.82. The lowest BCUT2D eigenvalue weighted by Gasteiger charge is -2.12. The van der Waals surface area contributed by atoms with Crippen LogP contribution in [0.1, 0.15) is 16.7 Å². The minimum Gasteiger partial charge on any atom is -0.477 e. The van der Waals surface area contributed by atoms with E-state index in [1.54, 1.807) is 13.0 Å². The van der Waals surface area contributed by atoms with E-state index in [-0.39, 0.29) is 24.0 Å². The zero-order valence-corrected chi connectivity index (χ0v) is 15.4. The van der Waals surface area contributed by atoms with Crippen molar-refractivity contribution in [3.05, 3.63) is 99.6 Å². The summed E-state index contributed by atoms with van der Waals surface area (Å²) >= 11 is 0. The Balaban J connectivity index is 1.67. The predicted molar refractivity (Wildman–Crippen MR) is 108 cm³/mol. The minimum atomic E-state index is -0.518. The van der Waals surface area contributed by atoms with Crippen molar-refractivity contribution in [2.45, 2.75) is 13.3 Å². The van der Waals surface area contributed by atoms with Crippen LogP contribution in [-0.2, 0) is 11.2 Å². The zero-order valence-electron chi connectivity index (χ0n) is 15.4. The van der Waals surface area contributed by atoms with E-state index < -0.39 is 4.92 Å². The predicted octanol–water partition coefficient (Wildman–Crippen LogP) is 4.51. The Morgan fingerprint density at radius 3 is 2.50 bits per heavy atom. The van der Waals surface area contributed by atoms with Gasteiger partial charge in [-0.2, -0.15) is 0 Å². The third-order valence-corrected chi connectivity index (χ3v) is 4.20. The molecule has 0 saturated carbocycles. The van der Waals surface area contributed by atoms with Gasteiger partial charge in [0.1, 0.15) is 0 Å². The monoisotopic (exact) mass is 376 g/mol. The van der Waals surface area contributed by atoms with Crippen LogP contribution in [0.2, 0.25) is 0 Å². The van der Waals surface area contributed by atoms with Gasteiger partial charge in [-0.15, -0.1) is 0 Å². The molecule has 0 saturated heterocycles. The number of anilines is 1. The van der Waals surface area contributed by atoms with Crippen molar-refractivity contribution in [2.75, 3.05) is 11.9 Å². The van der Waals surface area contributed by atoms with E-state index in [9.17, 15) is 14.9 Å². The summed E-state index contributed by atoms with van der Waals surface area (Å²) in [5.74, 6) is -0.307. The van der Waals surface area contributed by atoms with Crippen LogP contribution in [0.15, 0.2) is 72.8 Å². The highest BCUT2D eigenvalue weighted by atomic mass is 16.6. The Kier molecular flexibility index (Phi) is 6.01.